The zero-order valence-corrected chi connectivity index (χ0v) is 17.5. The van der Waals surface area contributed by atoms with E-state index in [9.17, 15) is 19.2 Å². The Kier molecular flexibility index (Phi) is 6.04. The highest BCUT2D eigenvalue weighted by atomic mass is 32.1. The summed E-state index contributed by atoms with van der Waals surface area (Å²) in [7, 11) is 0. The van der Waals surface area contributed by atoms with Gasteiger partial charge in [-0.25, -0.2) is 4.79 Å². The second-order valence-corrected chi connectivity index (χ2v) is 8.09. The van der Waals surface area contributed by atoms with Gasteiger partial charge in [0.1, 0.15) is 0 Å². The van der Waals surface area contributed by atoms with Gasteiger partial charge in [0.25, 0.3) is 11.8 Å². The molecule has 1 saturated heterocycles. The largest absolute Gasteiger partial charge is 0.334 e. The van der Waals surface area contributed by atoms with Gasteiger partial charge in [-0.1, -0.05) is 60.7 Å². The van der Waals surface area contributed by atoms with Crippen LogP contribution >= 0.6 is 11.3 Å². The van der Waals surface area contributed by atoms with Crippen LogP contribution in [0.3, 0.4) is 0 Å². The quantitative estimate of drug-likeness (QED) is 0.534. The van der Waals surface area contributed by atoms with Gasteiger partial charge in [-0.15, -0.1) is 0 Å². The summed E-state index contributed by atoms with van der Waals surface area (Å²) in [5.41, 5.74) is 2.22. The monoisotopic (exact) mass is 432 g/mol. The average Bonchev–Trinajstić information content (AvgIpc) is 3.29. The van der Waals surface area contributed by atoms with Crippen molar-refractivity contribution in [1.29, 1.82) is 0 Å². The Morgan fingerprint density at radius 2 is 1.26 bits per heavy atom. The Hall–Kier alpha value is -3.58. The fourth-order valence-electron chi connectivity index (χ4n) is 3.55. The van der Waals surface area contributed by atoms with Gasteiger partial charge in [0.05, 0.1) is 13.1 Å². The highest BCUT2D eigenvalue weighted by Crippen LogP contribution is 2.24. The fraction of sp³-hybridized carbons (Fsp3) is 0.167. The van der Waals surface area contributed by atoms with Crippen molar-refractivity contribution in [2.24, 2.45) is 5.92 Å². The van der Waals surface area contributed by atoms with Gasteiger partial charge in [-0.05, 0) is 33.5 Å². The molecular formula is C24H20N2O4S. The Morgan fingerprint density at radius 1 is 0.742 bits per heavy atom. The number of benzene rings is 2. The summed E-state index contributed by atoms with van der Waals surface area (Å²) < 4.78 is 0. The van der Waals surface area contributed by atoms with Gasteiger partial charge in [-0.2, -0.15) is 11.3 Å². The van der Waals surface area contributed by atoms with E-state index in [-0.39, 0.29) is 19.5 Å². The predicted octanol–water partition coefficient (Wildman–Crippen LogP) is 3.67. The molecule has 0 saturated carbocycles. The molecule has 7 heteroatoms. The lowest BCUT2D eigenvalue weighted by Gasteiger charge is -2.36. The van der Waals surface area contributed by atoms with Crippen LogP contribution < -0.4 is 0 Å². The van der Waals surface area contributed by atoms with Crippen LogP contribution in [0.15, 0.2) is 77.5 Å². The number of urea groups is 1. The number of ketones is 1. The van der Waals surface area contributed by atoms with Crippen molar-refractivity contribution in [3.8, 4) is 0 Å². The molecule has 0 radical (unpaired) electrons. The third kappa shape index (κ3) is 4.46. The number of rotatable bonds is 7. The van der Waals surface area contributed by atoms with E-state index in [0.29, 0.717) is 0 Å². The van der Waals surface area contributed by atoms with Gasteiger partial charge in [0.2, 0.25) is 0 Å². The maximum atomic E-state index is 13.2. The zero-order chi connectivity index (χ0) is 21.8. The summed E-state index contributed by atoms with van der Waals surface area (Å²) in [6, 6.07) is 19.1. The van der Waals surface area contributed by atoms with E-state index in [4.69, 9.17) is 0 Å². The molecule has 1 aliphatic heterocycles. The number of Topliss-reactive ketones (excluding diaryl/α,β-unsaturated/α-hetero) is 1. The first kappa shape index (κ1) is 20.7. The van der Waals surface area contributed by atoms with Gasteiger partial charge in [-0.3, -0.25) is 24.2 Å². The van der Waals surface area contributed by atoms with Crippen LogP contribution in [0, 0.1) is 5.92 Å². The smallest absolute Gasteiger partial charge is 0.298 e. The lowest BCUT2D eigenvalue weighted by Crippen LogP contribution is -2.61. The van der Waals surface area contributed by atoms with Gasteiger partial charge < -0.3 is 0 Å². The highest BCUT2D eigenvalue weighted by Gasteiger charge is 2.48. The first-order chi connectivity index (χ1) is 15.0. The van der Waals surface area contributed by atoms with Crippen molar-refractivity contribution in [2.45, 2.75) is 19.5 Å². The van der Waals surface area contributed by atoms with Crippen molar-refractivity contribution >= 4 is 35.0 Å². The third-order valence-electron chi connectivity index (χ3n) is 5.14. The minimum atomic E-state index is -1.52. The van der Waals surface area contributed by atoms with Crippen LogP contribution in [0.25, 0.3) is 0 Å². The number of barbiturate groups is 1. The van der Waals surface area contributed by atoms with Gasteiger partial charge in [0.15, 0.2) is 11.7 Å². The molecule has 4 amide bonds. The minimum Gasteiger partial charge on any atom is -0.298 e. The van der Waals surface area contributed by atoms with Gasteiger partial charge in [0, 0.05) is 6.42 Å². The summed E-state index contributed by atoms with van der Waals surface area (Å²) in [6.45, 7) is -0.00137. The second kappa shape index (κ2) is 9.06. The summed E-state index contributed by atoms with van der Waals surface area (Å²) in [6.07, 6.45) is -0.0296. The maximum Gasteiger partial charge on any atom is 0.334 e. The summed E-state index contributed by atoms with van der Waals surface area (Å²) in [4.78, 5) is 54.5. The van der Waals surface area contributed by atoms with E-state index in [2.05, 4.69) is 0 Å². The molecule has 31 heavy (non-hydrogen) atoms. The summed E-state index contributed by atoms with van der Waals surface area (Å²) >= 11 is 1.44. The number of carbonyl (C=O) groups is 4. The zero-order valence-electron chi connectivity index (χ0n) is 16.6. The van der Waals surface area contributed by atoms with Crippen molar-refractivity contribution in [1.82, 2.24) is 9.80 Å². The van der Waals surface area contributed by atoms with Crippen molar-refractivity contribution < 1.29 is 19.2 Å². The average molecular weight is 433 g/mol. The molecule has 0 N–H and O–H groups in total. The Bertz CT molecular complexity index is 1030. The molecule has 4 rings (SSSR count). The standard InChI is InChI=1S/C24H20N2O4S/c27-20(13-19-11-12-31-16-19)21-22(28)25(14-17-7-3-1-4-8-17)24(30)26(23(21)29)15-18-9-5-2-6-10-18/h1-12,16,21H,13-15H2. The molecule has 0 spiro atoms. The molecule has 1 fully saturated rings. The van der Waals surface area contributed by atoms with Crippen LogP contribution in [0.5, 0.6) is 0 Å². The normalized spacial score (nSPS) is 14.9. The molecule has 0 atom stereocenters. The topological polar surface area (TPSA) is 74.8 Å². The van der Waals surface area contributed by atoms with E-state index in [1.807, 2.05) is 22.9 Å². The number of hydrogen-bond acceptors (Lipinski definition) is 5. The van der Waals surface area contributed by atoms with Crippen molar-refractivity contribution in [3.63, 3.8) is 0 Å². The number of thiophene rings is 1. The molecule has 2 aromatic carbocycles. The van der Waals surface area contributed by atoms with Crippen LogP contribution in [0.1, 0.15) is 16.7 Å². The summed E-state index contributed by atoms with van der Waals surface area (Å²) in [5.74, 6) is -3.55. The Morgan fingerprint density at radius 3 is 1.71 bits per heavy atom. The summed E-state index contributed by atoms with van der Waals surface area (Å²) in [5, 5.41) is 3.64. The first-order valence-corrected chi connectivity index (χ1v) is 10.8. The van der Waals surface area contributed by atoms with E-state index in [0.717, 1.165) is 26.5 Å². The van der Waals surface area contributed by atoms with Crippen molar-refractivity contribution in [3.05, 3.63) is 94.2 Å². The number of amides is 4. The Labute approximate surface area is 183 Å². The van der Waals surface area contributed by atoms with E-state index in [1.54, 1.807) is 54.6 Å². The molecule has 0 aliphatic carbocycles. The number of nitrogens with zero attached hydrogens (tertiary/aromatic N) is 2. The molecule has 156 valence electrons. The maximum absolute atomic E-state index is 13.2. The van der Waals surface area contributed by atoms with E-state index < -0.39 is 29.5 Å². The molecule has 3 aromatic rings. The van der Waals surface area contributed by atoms with E-state index >= 15 is 0 Å². The molecular weight excluding hydrogens is 412 g/mol. The Balaban J connectivity index is 1.65. The second-order valence-electron chi connectivity index (χ2n) is 7.31. The van der Waals surface area contributed by atoms with Crippen LogP contribution in [0.4, 0.5) is 4.79 Å². The number of hydrogen-bond donors (Lipinski definition) is 0. The molecule has 0 bridgehead atoms. The van der Waals surface area contributed by atoms with Crippen LogP contribution in [0.2, 0.25) is 0 Å². The third-order valence-corrected chi connectivity index (χ3v) is 5.87. The molecule has 1 aromatic heterocycles. The molecule has 2 heterocycles. The lowest BCUT2D eigenvalue weighted by atomic mass is 9.93. The molecule has 0 unspecified atom stereocenters. The predicted molar refractivity (Wildman–Crippen MR) is 116 cm³/mol. The number of carbonyl (C=O) groups excluding carboxylic acids is 4. The van der Waals surface area contributed by atoms with Crippen LogP contribution in [-0.2, 0) is 33.9 Å². The highest BCUT2D eigenvalue weighted by molar-refractivity contribution is 7.08. The molecule has 1 aliphatic rings. The SMILES string of the molecule is O=C(Cc1ccsc1)C1C(=O)N(Cc2ccccc2)C(=O)N(Cc2ccccc2)C1=O. The number of imide groups is 2. The minimum absolute atomic E-state index is 0.000687. The van der Waals surface area contributed by atoms with E-state index in [1.165, 1.54) is 11.3 Å². The van der Waals surface area contributed by atoms with Crippen molar-refractivity contribution in [2.75, 3.05) is 0 Å². The lowest BCUT2D eigenvalue weighted by molar-refractivity contribution is -0.153. The first-order valence-electron chi connectivity index (χ1n) is 9.83. The van der Waals surface area contributed by atoms with Crippen LogP contribution in [-0.4, -0.2) is 33.4 Å². The van der Waals surface area contributed by atoms with Gasteiger partial charge >= 0.3 is 6.03 Å². The molecule has 6 nitrogen and oxygen atoms in total. The fourth-order valence-corrected chi connectivity index (χ4v) is 4.22.